The molecule has 1 N–H and O–H groups in total. The molecule has 17 heavy (non-hydrogen) atoms. The summed E-state index contributed by atoms with van der Waals surface area (Å²) in [6.07, 6.45) is 0. The average molecular weight is 250 g/mol. The second-order valence-electron chi connectivity index (χ2n) is 3.21. The highest BCUT2D eigenvalue weighted by Gasteiger charge is 2.10. The zero-order chi connectivity index (χ0) is 12.3. The summed E-state index contributed by atoms with van der Waals surface area (Å²) in [5.41, 5.74) is 0.406. The van der Waals surface area contributed by atoms with Crippen LogP contribution in [0.4, 0.5) is 0 Å². The molecule has 5 heteroatoms. The molecule has 0 radical (unpaired) electrons. The van der Waals surface area contributed by atoms with E-state index in [-0.39, 0.29) is 16.8 Å². The molecule has 0 unspecified atom stereocenters. The highest BCUT2D eigenvalue weighted by molar-refractivity contribution is 6.31. The molecule has 0 atom stereocenters. The molecule has 4 nitrogen and oxygen atoms in total. The summed E-state index contributed by atoms with van der Waals surface area (Å²) < 4.78 is 4.97. The summed E-state index contributed by atoms with van der Waals surface area (Å²) in [4.78, 5) is 15.3. The Morgan fingerprint density at radius 2 is 1.88 bits per heavy atom. The number of hydrogen-bond donors (Lipinski definition) is 1. The van der Waals surface area contributed by atoms with Gasteiger partial charge in [0.1, 0.15) is 5.02 Å². The maximum Gasteiger partial charge on any atom is 0.344 e. The standard InChI is InChI=1S/C12H8ClNO3/c13-9-6-7-10(14-11(9)15)17-12(16)8-4-2-1-3-5-8/h1-7H,(H,14,15). The first-order valence-corrected chi connectivity index (χ1v) is 5.17. The smallest absolute Gasteiger partial charge is 0.344 e. The van der Waals surface area contributed by atoms with Gasteiger partial charge in [-0.05, 0) is 18.2 Å². The molecular weight excluding hydrogens is 242 g/mol. The van der Waals surface area contributed by atoms with Crippen LogP contribution in [0, 0.1) is 0 Å². The van der Waals surface area contributed by atoms with Crippen LogP contribution >= 0.6 is 11.6 Å². The van der Waals surface area contributed by atoms with Crippen molar-refractivity contribution in [1.82, 2.24) is 4.98 Å². The van der Waals surface area contributed by atoms with Crippen LogP contribution in [0.15, 0.2) is 42.5 Å². The number of nitrogens with zero attached hydrogens (tertiary/aromatic N) is 1. The van der Waals surface area contributed by atoms with E-state index in [0.29, 0.717) is 5.56 Å². The fraction of sp³-hybridized carbons (Fsp3) is 0. The van der Waals surface area contributed by atoms with Gasteiger partial charge in [0.25, 0.3) is 0 Å². The Kier molecular flexibility index (Phi) is 3.25. The van der Waals surface area contributed by atoms with E-state index in [1.807, 2.05) is 0 Å². The monoisotopic (exact) mass is 249 g/mol. The first-order valence-electron chi connectivity index (χ1n) is 4.79. The maximum absolute atomic E-state index is 11.6. The molecular formula is C12H8ClNO3. The lowest BCUT2D eigenvalue weighted by molar-refractivity contribution is 0.0727. The Morgan fingerprint density at radius 1 is 1.18 bits per heavy atom. The molecule has 0 aliphatic heterocycles. The van der Waals surface area contributed by atoms with Crippen molar-refractivity contribution in [3.8, 4) is 11.8 Å². The number of rotatable bonds is 2. The van der Waals surface area contributed by atoms with Gasteiger partial charge in [-0.3, -0.25) is 0 Å². The van der Waals surface area contributed by atoms with Crippen molar-refractivity contribution < 1.29 is 14.6 Å². The largest absolute Gasteiger partial charge is 0.492 e. The molecule has 0 aliphatic carbocycles. The van der Waals surface area contributed by atoms with E-state index < -0.39 is 5.97 Å². The molecule has 2 aromatic rings. The van der Waals surface area contributed by atoms with Crippen molar-refractivity contribution >= 4 is 17.6 Å². The fourth-order valence-corrected chi connectivity index (χ4v) is 1.30. The zero-order valence-corrected chi connectivity index (χ0v) is 9.39. The van der Waals surface area contributed by atoms with Crippen molar-refractivity contribution in [2.24, 2.45) is 0 Å². The number of carbonyl (C=O) groups is 1. The van der Waals surface area contributed by atoms with Gasteiger partial charge in [0.05, 0.1) is 5.56 Å². The van der Waals surface area contributed by atoms with Crippen LogP contribution < -0.4 is 4.74 Å². The lowest BCUT2D eigenvalue weighted by atomic mass is 10.2. The van der Waals surface area contributed by atoms with Crippen molar-refractivity contribution in [3.05, 3.63) is 53.1 Å². The molecule has 0 saturated carbocycles. The minimum Gasteiger partial charge on any atom is -0.492 e. The van der Waals surface area contributed by atoms with Crippen molar-refractivity contribution in [2.45, 2.75) is 0 Å². The van der Waals surface area contributed by atoms with Crippen LogP contribution in [0.5, 0.6) is 11.8 Å². The first-order chi connectivity index (χ1) is 8.16. The van der Waals surface area contributed by atoms with E-state index in [1.165, 1.54) is 12.1 Å². The molecule has 0 aliphatic rings. The normalized spacial score (nSPS) is 9.94. The minimum absolute atomic E-state index is 0.000697. The molecule has 0 bridgehead atoms. The summed E-state index contributed by atoms with van der Waals surface area (Å²) in [6.45, 7) is 0. The van der Waals surface area contributed by atoms with Gasteiger partial charge < -0.3 is 9.84 Å². The topological polar surface area (TPSA) is 59.4 Å². The number of hydrogen-bond acceptors (Lipinski definition) is 4. The highest BCUT2D eigenvalue weighted by atomic mass is 35.5. The number of carbonyl (C=O) groups excluding carboxylic acids is 1. The Balaban J connectivity index is 2.16. The molecule has 0 spiro atoms. The fourth-order valence-electron chi connectivity index (χ4n) is 1.20. The third-order valence-electron chi connectivity index (χ3n) is 2.01. The Morgan fingerprint density at radius 3 is 2.53 bits per heavy atom. The summed E-state index contributed by atoms with van der Waals surface area (Å²) in [7, 11) is 0. The van der Waals surface area contributed by atoms with Crippen LogP contribution in [0.2, 0.25) is 5.02 Å². The third kappa shape index (κ3) is 2.73. The minimum atomic E-state index is -0.542. The van der Waals surface area contributed by atoms with Crippen LogP contribution in [-0.2, 0) is 0 Å². The van der Waals surface area contributed by atoms with Gasteiger partial charge in [0.15, 0.2) is 0 Å². The van der Waals surface area contributed by atoms with Gasteiger partial charge in [-0.1, -0.05) is 29.8 Å². The summed E-state index contributed by atoms with van der Waals surface area (Å²) in [5.74, 6) is -0.911. The Hall–Kier alpha value is -2.07. The van der Waals surface area contributed by atoms with Gasteiger partial charge in [-0.2, -0.15) is 4.98 Å². The van der Waals surface area contributed by atoms with Crippen LogP contribution in [-0.4, -0.2) is 16.1 Å². The van der Waals surface area contributed by atoms with Gasteiger partial charge in [-0.15, -0.1) is 0 Å². The number of halogens is 1. The van der Waals surface area contributed by atoms with E-state index in [2.05, 4.69) is 4.98 Å². The molecule has 0 fully saturated rings. The lowest BCUT2D eigenvalue weighted by Gasteiger charge is -2.03. The van der Waals surface area contributed by atoms with E-state index >= 15 is 0 Å². The van der Waals surface area contributed by atoms with Gasteiger partial charge in [0.2, 0.25) is 11.8 Å². The SMILES string of the molecule is O=C(Oc1ccc(Cl)c(O)n1)c1ccccc1. The third-order valence-corrected chi connectivity index (χ3v) is 2.30. The lowest BCUT2D eigenvalue weighted by Crippen LogP contribution is -2.09. The predicted molar refractivity (Wildman–Crippen MR) is 62.3 cm³/mol. The van der Waals surface area contributed by atoms with Gasteiger partial charge in [-0.25, -0.2) is 4.79 Å². The van der Waals surface area contributed by atoms with Crippen LogP contribution in [0.1, 0.15) is 10.4 Å². The predicted octanol–water partition coefficient (Wildman–Crippen LogP) is 2.66. The zero-order valence-electron chi connectivity index (χ0n) is 8.63. The highest BCUT2D eigenvalue weighted by Crippen LogP contribution is 2.23. The van der Waals surface area contributed by atoms with E-state index in [4.69, 9.17) is 16.3 Å². The van der Waals surface area contributed by atoms with Gasteiger partial charge >= 0.3 is 5.97 Å². The molecule has 0 saturated heterocycles. The Bertz CT molecular complexity index is 543. The van der Waals surface area contributed by atoms with Gasteiger partial charge in [0, 0.05) is 6.07 Å². The van der Waals surface area contributed by atoms with E-state index in [1.54, 1.807) is 30.3 Å². The van der Waals surface area contributed by atoms with Crippen molar-refractivity contribution in [1.29, 1.82) is 0 Å². The molecule has 0 amide bonds. The van der Waals surface area contributed by atoms with Crippen LogP contribution in [0.3, 0.4) is 0 Å². The molecule has 86 valence electrons. The maximum atomic E-state index is 11.6. The average Bonchev–Trinajstić information content (AvgIpc) is 2.35. The van der Waals surface area contributed by atoms with E-state index in [0.717, 1.165) is 0 Å². The quantitative estimate of drug-likeness (QED) is 0.832. The number of ether oxygens (including phenoxy) is 1. The second-order valence-corrected chi connectivity index (χ2v) is 3.62. The summed E-state index contributed by atoms with van der Waals surface area (Å²) in [6, 6.07) is 11.3. The van der Waals surface area contributed by atoms with Crippen molar-refractivity contribution in [3.63, 3.8) is 0 Å². The number of aromatic nitrogens is 1. The second kappa shape index (κ2) is 4.84. The molecule has 1 heterocycles. The molecule has 1 aromatic heterocycles. The molecule has 2 rings (SSSR count). The number of pyridine rings is 1. The summed E-state index contributed by atoms with van der Waals surface area (Å²) in [5, 5.41) is 9.35. The summed E-state index contributed by atoms with van der Waals surface area (Å²) >= 11 is 5.58. The Labute approximate surface area is 102 Å². The number of aromatic hydroxyl groups is 1. The first kappa shape index (κ1) is 11.4. The van der Waals surface area contributed by atoms with Crippen LogP contribution in [0.25, 0.3) is 0 Å². The van der Waals surface area contributed by atoms with Crippen molar-refractivity contribution in [2.75, 3.05) is 0 Å². The van der Waals surface area contributed by atoms with E-state index in [9.17, 15) is 9.90 Å². The number of benzene rings is 1. The number of esters is 1. The molecule has 1 aromatic carbocycles.